The molecule has 1 heterocycles. The molecule has 0 aliphatic carbocycles. The Balaban J connectivity index is 2.54. The second-order valence-electron chi connectivity index (χ2n) is 1.27. The molecule has 0 unspecified atom stereocenters. The predicted molar refractivity (Wildman–Crippen MR) is 24.1 cm³/mol. The van der Waals surface area contributed by atoms with Crippen LogP contribution in [0.1, 0.15) is 0 Å². The molecule has 1 aliphatic heterocycles. The second kappa shape index (κ2) is 2.01. The molecule has 52 valence electrons. The van der Waals surface area contributed by atoms with Gasteiger partial charge in [-0.15, -0.1) is 0 Å². The average Bonchev–Trinajstić information content (AvgIpc) is 1.59. The summed E-state index contributed by atoms with van der Waals surface area (Å²) in [6, 6.07) is -1.53. The molecular weight excluding hydrogens is 170 g/mol. The molecular formula is CH2O6P2. The lowest BCUT2D eigenvalue weighted by Crippen LogP contribution is -2.19. The molecule has 0 aromatic heterocycles. The maximum atomic E-state index is 10.0. The van der Waals surface area contributed by atoms with Gasteiger partial charge in [0.1, 0.15) is 0 Å². The van der Waals surface area contributed by atoms with E-state index in [0.717, 1.165) is 0 Å². The standard InChI is InChI=1S/CH2O6P2/c2-8(3)1-6-9(4,5)7-1/h1H,(H,4,5). The van der Waals surface area contributed by atoms with Crippen LogP contribution in [0.25, 0.3) is 0 Å². The summed E-state index contributed by atoms with van der Waals surface area (Å²) in [5.41, 5.74) is 0. The molecule has 1 N–H and O–H groups in total. The fraction of sp³-hybridized carbons (Fsp3) is 1.00. The first-order valence-electron chi connectivity index (χ1n) is 1.84. The van der Waals surface area contributed by atoms with Crippen LogP contribution >= 0.6 is 15.5 Å². The molecule has 0 atom stereocenters. The topological polar surface area (TPSA) is 89.9 Å². The van der Waals surface area contributed by atoms with E-state index < -0.39 is 21.5 Å². The van der Waals surface area contributed by atoms with Gasteiger partial charge in [-0.1, -0.05) is 0 Å². The molecule has 0 spiro atoms. The molecule has 0 saturated carbocycles. The highest BCUT2D eigenvalue weighted by Crippen LogP contribution is 2.59. The summed E-state index contributed by atoms with van der Waals surface area (Å²) >= 11 is 0. The van der Waals surface area contributed by atoms with E-state index in [1.165, 1.54) is 0 Å². The molecule has 9 heavy (non-hydrogen) atoms. The smallest absolute Gasteiger partial charge is 0.302 e. The van der Waals surface area contributed by atoms with E-state index in [1.807, 2.05) is 0 Å². The highest BCUT2D eigenvalue weighted by Gasteiger charge is 2.45. The van der Waals surface area contributed by atoms with E-state index in [2.05, 4.69) is 9.05 Å². The number of phosphoric acid groups is 1. The quantitative estimate of drug-likeness (QED) is 0.582. The van der Waals surface area contributed by atoms with Crippen LogP contribution in [-0.2, 0) is 22.7 Å². The first-order valence-corrected chi connectivity index (χ1v) is 4.58. The molecule has 6 nitrogen and oxygen atoms in total. The number of phosphoric ester groups is 1. The lowest BCUT2D eigenvalue weighted by Gasteiger charge is -2.24. The molecule has 0 bridgehead atoms. The largest absolute Gasteiger partial charge is 0.478 e. The zero-order chi connectivity index (χ0) is 7.07. The molecule has 0 amide bonds. The Morgan fingerprint density at radius 1 is 1.44 bits per heavy atom. The Kier molecular flexibility index (Phi) is 1.59. The van der Waals surface area contributed by atoms with Crippen LogP contribution in [-0.4, -0.2) is 10.9 Å². The van der Waals surface area contributed by atoms with Gasteiger partial charge in [-0.05, 0) is 0 Å². The van der Waals surface area contributed by atoms with Crippen molar-refractivity contribution in [3.8, 4) is 0 Å². The van der Waals surface area contributed by atoms with Gasteiger partial charge < -0.3 is 4.89 Å². The molecule has 1 rings (SSSR count). The summed E-state index contributed by atoms with van der Waals surface area (Å²) in [5, 5.41) is 0. The van der Waals surface area contributed by atoms with E-state index in [9.17, 15) is 13.7 Å². The van der Waals surface area contributed by atoms with Crippen molar-refractivity contribution in [1.82, 2.24) is 0 Å². The van der Waals surface area contributed by atoms with Crippen molar-refractivity contribution in [2.24, 2.45) is 0 Å². The molecule has 1 saturated heterocycles. The van der Waals surface area contributed by atoms with Gasteiger partial charge >= 0.3 is 15.5 Å². The van der Waals surface area contributed by atoms with Gasteiger partial charge in [0.15, 0.2) is 0 Å². The third-order valence-electron chi connectivity index (χ3n) is 0.619. The predicted octanol–water partition coefficient (Wildman–Crippen LogP) is 0.590. The van der Waals surface area contributed by atoms with Gasteiger partial charge in [-0.3, -0.25) is 0 Å². The average molecular weight is 172 g/mol. The van der Waals surface area contributed by atoms with Crippen LogP contribution in [0.2, 0.25) is 0 Å². The summed E-state index contributed by atoms with van der Waals surface area (Å²) in [6.45, 7) is 0. The van der Waals surface area contributed by atoms with E-state index in [0.29, 0.717) is 0 Å². The lowest BCUT2D eigenvalue weighted by molar-refractivity contribution is -0.0626. The Bertz CT molecular complexity index is 209. The van der Waals surface area contributed by atoms with Crippen molar-refractivity contribution in [1.29, 1.82) is 0 Å². The minimum absolute atomic E-state index is 1.53. The maximum Gasteiger partial charge on any atom is 0.478 e. The van der Waals surface area contributed by atoms with Crippen molar-refractivity contribution in [2.75, 3.05) is 0 Å². The van der Waals surface area contributed by atoms with Gasteiger partial charge in [0, 0.05) is 0 Å². The lowest BCUT2D eigenvalue weighted by atomic mass is 11.5. The summed E-state index contributed by atoms with van der Waals surface area (Å²) in [5.74, 6) is 0. The fourth-order valence-corrected chi connectivity index (χ4v) is 2.12. The zero-order valence-electron chi connectivity index (χ0n) is 3.96. The summed E-state index contributed by atoms with van der Waals surface area (Å²) in [6.07, 6.45) is 0. The molecule has 1 aliphatic rings. The minimum atomic E-state index is -3.96. The maximum absolute atomic E-state index is 10.0. The van der Waals surface area contributed by atoms with Crippen molar-refractivity contribution in [2.45, 2.75) is 6.03 Å². The monoisotopic (exact) mass is 172 g/mol. The number of hydrogen-bond donors (Lipinski definition) is 1. The fourth-order valence-electron chi connectivity index (χ4n) is 0.313. The summed E-state index contributed by atoms with van der Waals surface area (Å²) in [7, 11) is -6.87. The second-order valence-corrected chi connectivity index (χ2v) is 3.62. The first-order chi connectivity index (χ1) is 4.01. The number of hydrogen-bond acceptors (Lipinski definition) is 5. The van der Waals surface area contributed by atoms with Gasteiger partial charge in [0.2, 0.25) is 0 Å². The highest BCUT2D eigenvalue weighted by atomic mass is 31.2. The van der Waals surface area contributed by atoms with E-state index >= 15 is 0 Å². The van der Waals surface area contributed by atoms with Crippen molar-refractivity contribution < 1.29 is 27.6 Å². The van der Waals surface area contributed by atoms with Gasteiger partial charge in [0.25, 0.3) is 6.03 Å². The van der Waals surface area contributed by atoms with Gasteiger partial charge in [0.05, 0.1) is 0 Å². The molecule has 1 fully saturated rings. The Hall–Kier alpha value is 0.01000. The third-order valence-corrected chi connectivity index (χ3v) is 2.42. The van der Waals surface area contributed by atoms with Crippen molar-refractivity contribution in [3.63, 3.8) is 0 Å². The van der Waals surface area contributed by atoms with Crippen molar-refractivity contribution in [3.05, 3.63) is 0 Å². The van der Waals surface area contributed by atoms with Crippen LogP contribution in [0.5, 0.6) is 0 Å². The van der Waals surface area contributed by atoms with E-state index in [4.69, 9.17) is 4.89 Å². The summed E-state index contributed by atoms with van der Waals surface area (Å²) in [4.78, 5) is 8.18. The Labute approximate surface area is 50.2 Å². The first kappa shape index (κ1) is 7.12. The summed E-state index contributed by atoms with van der Waals surface area (Å²) < 4.78 is 37.4. The third kappa shape index (κ3) is 1.47. The molecule has 0 aromatic carbocycles. The van der Waals surface area contributed by atoms with E-state index in [-0.39, 0.29) is 0 Å². The van der Waals surface area contributed by atoms with Gasteiger partial charge in [-0.2, -0.15) is 0 Å². The normalized spacial score (nSPS) is 41.7. The SMILES string of the molecule is O=P(=O)C1OP(=O)(O)O1. The van der Waals surface area contributed by atoms with E-state index in [1.54, 1.807) is 0 Å². The zero-order valence-corrected chi connectivity index (χ0v) is 5.75. The van der Waals surface area contributed by atoms with Crippen LogP contribution in [0.4, 0.5) is 0 Å². The minimum Gasteiger partial charge on any atom is -0.302 e. The van der Waals surface area contributed by atoms with Crippen LogP contribution < -0.4 is 0 Å². The van der Waals surface area contributed by atoms with Crippen LogP contribution in [0.3, 0.4) is 0 Å². The van der Waals surface area contributed by atoms with Crippen LogP contribution in [0, 0.1) is 0 Å². The molecule has 8 heteroatoms. The van der Waals surface area contributed by atoms with Crippen molar-refractivity contribution >= 4 is 15.5 Å². The number of rotatable bonds is 1. The Morgan fingerprint density at radius 2 is 1.89 bits per heavy atom. The molecule has 0 radical (unpaired) electrons. The van der Waals surface area contributed by atoms with Gasteiger partial charge in [-0.25, -0.2) is 22.7 Å². The highest BCUT2D eigenvalue weighted by molar-refractivity contribution is 7.50. The molecule has 0 aromatic rings. The van der Waals surface area contributed by atoms with Crippen LogP contribution in [0.15, 0.2) is 0 Å². The Morgan fingerprint density at radius 3 is 2.00 bits per heavy atom.